The van der Waals surface area contributed by atoms with Gasteiger partial charge in [-0.05, 0) is 31.6 Å². The quantitative estimate of drug-likeness (QED) is 0.0754. The van der Waals surface area contributed by atoms with E-state index in [4.69, 9.17) is 9.47 Å². The number of unbranched alkanes of at least 4 members (excludes halogenated alkanes) is 13. The molecule has 1 aliphatic heterocycles. The van der Waals surface area contributed by atoms with Crippen LogP contribution in [0.3, 0.4) is 0 Å². The lowest BCUT2D eigenvalue weighted by Crippen LogP contribution is -2.48. The minimum atomic E-state index is -0.633. The first-order valence-corrected chi connectivity index (χ1v) is 15.5. The van der Waals surface area contributed by atoms with Gasteiger partial charge in [-0.15, -0.1) is 0 Å². The van der Waals surface area contributed by atoms with E-state index in [-0.39, 0.29) is 36.0 Å². The van der Waals surface area contributed by atoms with Gasteiger partial charge in [0.05, 0.1) is 5.92 Å². The van der Waals surface area contributed by atoms with E-state index < -0.39 is 6.04 Å². The predicted molar refractivity (Wildman–Crippen MR) is 150 cm³/mol. The van der Waals surface area contributed by atoms with Crippen LogP contribution in [-0.4, -0.2) is 36.6 Å². The van der Waals surface area contributed by atoms with E-state index in [9.17, 15) is 14.4 Å². The van der Waals surface area contributed by atoms with Crippen molar-refractivity contribution in [2.45, 2.75) is 168 Å². The predicted octanol–water partition coefficient (Wildman–Crippen LogP) is 7.66. The smallest absolute Gasteiger partial charge is 0.328 e. The molecule has 0 spiro atoms. The number of hydrogen-bond donors (Lipinski definition) is 1. The van der Waals surface area contributed by atoms with Crippen LogP contribution in [0.15, 0.2) is 0 Å². The van der Waals surface area contributed by atoms with E-state index in [0.717, 1.165) is 38.5 Å². The molecule has 6 heteroatoms. The highest BCUT2D eigenvalue weighted by atomic mass is 16.6. The van der Waals surface area contributed by atoms with Crippen LogP contribution in [0.1, 0.15) is 150 Å². The molecule has 0 aromatic rings. The van der Waals surface area contributed by atoms with Crippen LogP contribution in [0.2, 0.25) is 0 Å². The molecular weight excluding hydrogens is 466 g/mol. The minimum absolute atomic E-state index is 0.0740. The second kappa shape index (κ2) is 21.4. The largest absolute Gasteiger partial charge is 0.461 e. The van der Waals surface area contributed by atoms with Gasteiger partial charge in [0.25, 0.3) is 0 Å². The molecule has 0 radical (unpaired) electrons. The van der Waals surface area contributed by atoms with Gasteiger partial charge in [-0.2, -0.15) is 0 Å². The van der Waals surface area contributed by atoms with E-state index >= 15 is 0 Å². The van der Waals surface area contributed by atoms with Gasteiger partial charge in [-0.1, -0.05) is 118 Å². The number of carbonyl (C=O) groups excluding carboxylic acids is 3. The molecule has 0 aromatic carbocycles. The van der Waals surface area contributed by atoms with Crippen LogP contribution < -0.4 is 5.32 Å². The summed E-state index contributed by atoms with van der Waals surface area (Å²) in [7, 11) is 0. The molecule has 1 saturated heterocycles. The standard InChI is InChI=1S/C31H57NO5/c1-5-7-9-11-13-14-15-16-18-20-26(36-31(35)28(32-24-33)22-25(3)4)23-29-27(30(34)37-29)21-19-17-12-10-8-6-2/h24-29H,5-23H2,1-4H3,(H,32,33). The SMILES string of the molecule is CCCCCCCCCCCC(CC1OC(=O)C1CCCCCCCC)OC(=O)C(CC(C)C)NC=O. The average molecular weight is 524 g/mol. The summed E-state index contributed by atoms with van der Waals surface area (Å²) in [6.45, 7) is 8.50. The number of nitrogens with one attached hydrogen (secondary N) is 1. The molecule has 37 heavy (non-hydrogen) atoms. The topological polar surface area (TPSA) is 81.7 Å². The molecule has 6 nitrogen and oxygen atoms in total. The Balaban J connectivity index is 2.57. The van der Waals surface area contributed by atoms with Crippen LogP contribution >= 0.6 is 0 Å². The normalized spacial score (nSPS) is 18.7. The lowest BCUT2D eigenvalue weighted by molar-refractivity contribution is -0.190. The van der Waals surface area contributed by atoms with Crippen molar-refractivity contribution in [2.75, 3.05) is 0 Å². The third-order valence-corrected chi connectivity index (χ3v) is 7.56. The summed E-state index contributed by atoms with van der Waals surface area (Å²) in [5.41, 5.74) is 0. The first-order chi connectivity index (χ1) is 17.9. The Morgan fingerprint density at radius 2 is 1.43 bits per heavy atom. The summed E-state index contributed by atoms with van der Waals surface area (Å²) in [6, 6.07) is -0.633. The zero-order valence-electron chi connectivity index (χ0n) is 24.4. The van der Waals surface area contributed by atoms with Crippen LogP contribution in [0.25, 0.3) is 0 Å². The number of esters is 2. The lowest BCUT2D eigenvalue weighted by Gasteiger charge is -2.37. The molecule has 1 aliphatic rings. The van der Waals surface area contributed by atoms with Gasteiger partial charge in [0.1, 0.15) is 18.2 Å². The Kier molecular flexibility index (Phi) is 19.3. The van der Waals surface area contributed by atoms with Crippen LogP contribution in [-0.2, 0) is 23.9 Å². The van der Waals surface area contributed by atoms with Crippen LogP contribution in [0.5, 0.6) is 0 Å². The fraction of sp³-hybridized carbons (Fsp3) is 0.903. The second-order valence-electron chi connectivity index (χ2n) is 11.5. The van der Waals surface area contributed by atoms with Gasteiger partial charge in [0, 0.05) is 6.42 Å². The number of amides is 1. The van der Waals surface area contributed by atoms with E-state index in [1.165, 1.54) is 70.6 Å². The summed E-state index contributed by atoms with van der Waals surface area (Å²) < 4.78 is 11.5. The van der Waals surface area contributed by atoms with Crippen molar-refractivity contribution in [3.63, 3.8) is 0 Å². The molecule has 0 bridgehead atoms. The Bertz CT molecular complexity index is 608. The molecule has 4 unspecified atom stereocenters. The number of rotatable bonds is 25. The second-order valence-corrected chi connectivity index (χ2v) is 11.5. The summed E-state index contributed by atoms with van der Waals surface area (Å²) in [6.07, 6.45) is 21.2. The Labute approximate surface area is 227 Å². The van der Waals surface area contributed by atoms with Crippen molar-refractivity contribution in [1.29, 1.82) is 0 Å². The highest BCUT2D eigenvalue weighted by Gasteiger charge is 2.43. The maximum absolute atomic E-state index is 12.9. The maximum atomic E-state index is 12.9. The fourth-order valence-electron chi connectivity index (χ4n) is 5.26. The third kappa shape index (κ3) is 15.4. The lowest BCUT2D eigenvalue weighted by atomic mass is 9.86. The molecule has 1 amide bonds. The zero-order chi connectivity index (χ0) is 27.3. The molecular formula is C31H57NO5. The van der Waals surface area contributed by atoms with Crippen LogP contribution in [0.4, 0.5) is 0 Å². The summed E-state index contributed by atoms with van der Waals surface area (Å²) in [5, 5.41) is 2.63. The van der Waals surface area contributed by atoms with E-state index in [0.29, 0.717) is 19.3 Å². The summed E-state index contributed by atoms with van der Waals surface area (Å²) in [5.74, 6) is -0.294. The monoisotopic (exact) mass is 523 g/mol. The van der Waals surface area contributed by atoms with Crippen molar-refractivity contribution >= 4 is 18.3 Å². The number of carbonyl (C=O) groups is 3. The van der Waals surface area contributed by atoms with Crippen LogP contribution in [0, 0.1) is 11.8 Å². The average Bonchev–Trinajstić information content (AvgIpc) is 2.86. The summed E-state index contributed by atoms with van der Waals surface area (Å²) in [4.78, 5) is 36.2. The minimum Gasteiger partial charge on any atom is -0.461 e. The fourth-order valence-corrected chi connectivity index (χ4v) is 5.26. The number of ether oxygens (including phenoxy) is 2. The molecule has 0 aliphatic carbocycles. The van der Waals surface area contributed by atoms with Gasteiger partial charge >= 0.3 is 11.9 Å². The van der Waals surface area contributed by atoms with Crippen molar-refractivity contribution in [3.8, 4) is 0 Å². The third-order valence-electron chi connectivity index (χ3n) is 7.56. The van der Waals surface area contributed by atoms with E-state index in [1.807, 2.05) is 13.8 Å². The number of hydrogen-bond acceptors (Lipinski definition) is 5. The van der Waals surface area contributed by atoms with Gasteiger partial charge < -0.3 is 14.8 Å². The van der Waals surface area contributed by atoms with Gasteiger partial charge in [-0.3, -0.25) is 9.59 Å². The Morgan fingerprint density at radius 1 is 0.892 bits per heavy atom. The molecule has 0 saturated carbocycles. The van der Waals surface area contributed by atoms with Crippen molar-refractivity contribution in [3.05, 3.63) is 0 Å². The summed E-state index contributed by atoms with van der Waals surface area (Å²) >= 11 is 0. The zero-order valence-corrected chi connectivity index (χ0v) is 24.4. The van der Waals surface area contributed by atoms with E-state index in [1.54, 1.807) is 0 Å². The Morgan fingerprint density at radius 3 is 1.95 bits per heavy atom. The van der Waals surface area contributed by atoms with Crippen molar-refractivity contribution in [2.24, 2.45) is 11.8 Å². The molecule has 1 rings (SSSR count). The molecule has 1 heterocycles. The highest BCUT2D eigenvalue weighted by molar-refractivity contribution is 5.79. The first kappa shape index (κ1) is 33.4. The molecule has 1 fully saturated rings. The van der Waals surface area contributed by atoms with Crippen molar-refractivity contribution in [1.82, 2.24) is 5.32 Å². The Hall–Kier alpha value is -1.59. The van der Waals surface area contributed by atoms with Gasteiger partial charge in [0.2, 0.25) is 6.41 Å². The van der Waals surface area contributed by atoms with E-state index in [2.05, 4.69) is 19.2 Å². The molecule has 4 atom stereocenters. The van der Waals surface area contributed by atoms with Gasteiger partial charge in [0.15, 0.2) is 0 Å². The molecule has 1 N–H and O–H groups in total. The molecule has 216 valence electrons. The number of cyclic esters (lactones) is 1. The molecule has 0 aromatic heterocycles. The maximum Gasteiger partial charge on any atom is 0.328 e. The van der Waals surface area contributed by atoms with Gasteiger partial charge in [-0.25, -0.2) is 4.79 Å². The highest BCUT2D eigenvalue weighted by Crippen LogP contribution is 2.33. The van der Waals surface area contributed by atoms with Crippen molar-refractivity contribution < 1.29 is 23.9 Å². The first-order valence-electron chi connectivity index (χ1n) is 15.5.